The summed E-state index contributed by atoms with van der Waals surface area (Å²) in [5.74, 6) is 0.719. The van der Waals surface area contributed by atoms with Gasteiger partial charge < -0.3 is 14.5 Å². The van der Waals surface area contributed by atoms with Gasteiger partial charge in [0, 0.05) is 25.6 Å². The minimum Gasteiger partial charge on any atom is -0.372 e. The van der Waals surface area contributed by atoms with Gasteiger partial charge >= 0.3 is 0 Å². The van der Waals surface area contributed by atoms with Crippen molar-refractivity contribution in [3.63, 3.8) is 0 Å². The molecule has 1 atom stereocenters. The number of hydrogen-bond acceptors (Lipinski definition) is 3. The molecule has 3 aliphatic heterocycles. The lowest BCUT2D eigenvalue weighted by Crippen LogP contribution is -2.45. The summed E-state index contributed by atoms with van der Waals surface area (Å²) >= 11 is 0. The van der Waals surface area contributed by atoms with E-state index < -0.39 is 0 Å². The van der Waals surface area contributed by atoms with Crippen molar-refractivity contribution in [2.75, 3.05) is 39.3 Å². The van der Waals surface area contributed by atoms with E-state index in [4.69, 9.17) is 4.74 Å². The number of nitrogens with zero attached hydrogens (tertiary/aromatic N) is 2. The molecule has 0 saturated carbocycles. The molecule has 3 rings (SSSR count). The average Bonchev–Trinajstić information content (AvgIpc) is 3.24. The third-order valence-electron chi connectivity index (χ3n) is 4.47. The Bertz CT molecular complexity index is 290. The zero-order chi connectivity index (χ0) is 12.4. The molecule has 3 aliphatic rings. The largest absolute Gasteiger partial charge is 0.372 e. The third kappa shape index (κ3) is 3.04. The van der Waals surface area contributed by atoms with Gasteiger partial charge in [0.05, 0.1) is 12.7 Å². The number of carbonyl (C=O) groups is 1. The number of piperidine rings is 2. The zero-order valence-electron chi connectivity index (χ0n) is 11.1. The molecule has 0 radical (unpaired) electrons. The molecule has 0 bridgehead atoms. The van der Waals surface area contributed by atoms with Crippen LogP contribution in [0.2, 0.25) is 0 Å². The van der Waals surface area contributed by atoms with Gasteiger partial charge in [-0.3, -0.25) is 4.79 Å². The van der Waals surface area contributed by atoms with Crippen LogP contribution in [0.15, 0.2) is 0 Å². The van der Waals surface area contributed by atoms with Crippen LogP contribution in [0.1, 0.15) is 32.1 Å². The van der Waals surface area contributed by atoms with Crippen molar-refractivity contribution >= 4 is 5.91 Å². The summed E-state index contributed by atoms with van der Waals surface area (Å²) in [5.41, 5.74) is 0. The highest BCUT2D eigenvalue weighted by Crippen LogP contribution is 2.23. The third-order valence-corrected chi connectivity index (χ3v) is 4.47. The molecule has 1 unspecified atom stereocenters. The minimum absolute atomic E-state index is 0.291. The van der Waals surface area contributed by atoms with E-state index in [-0.39, 0.29) is 0 Å². The number of epoxide rings is 1. The maximum absolute atomic E-state index is 12.4. The van der Waals surface area contributed by atoms with E-state index in [9.17, 15) is 4.79 Å². The van der Waals surface area contributed by atoms with Crippen molar-refractivity contribution in [2.24, 2.45) is 5.92 Å². The summed E-state index contributed by atoms with van der Waals surface area (Å²) in [6, 6.07) is 0. The van der Waals surface area contributed by atoms with Crippen molar-refractivity contribution in [3.8, 4) is 0 Å². The number of amides is 1. The Morgan fingerprint density at radius 3 is 2.33 bits per heavy atom. The lowest BCUT2D eigenvalue weighted by Gasteiger charge is -2.35. The lowest BCUT2D eigenvalue weighted by molar-refractivity contribution is -0.138. The molecule has 18 heavy (non-hydrogen) atoms. The van der Waals surface area contributed by atoms with E-state index in [1.807, 2.05) is 0 Å². The maximum atomic E-state index is 12.4. The Hall–Kier alpha value is -0.610. The number of hydrogen-bond donors (Lipinski definition) is 0. The van der Waals surface area contributed by atoms with Crippen molar-refractivity contribution in [3.05, 3.63) is 0 Å². The van der Waals surface area contributed by atoms with Crippen LogP contribution in [0.3, 0.4) is 0 Å². The Morgan fingerprint density at radius 2 is 1.72 bits per heavy atom. The summed E-state index contributed by atoms with van der Waals surface area (Å²) < 4.78 is 5.26. The summed E-state index contributed by atoms with van der Waals surface area (Å²) in [4.78, 5) is 16.9. The molecule has 3 fully saturated rings. The highest BCUT2D eigenvalue weighted by Gasteiger charge is 2.32. The zero-order valence-corrected chi connectivity index (χ0v) is 11.1. The molecular formula is C14H24N2O2. The van der Waals surface area contributed by atoms with Crippen LogP contribution < -0.4 is 0 Å². The predicted molar refractivity (Wildman–Crippen MR) is 69.3 cm³/mol. The van der Waals surface area contributed by atoms with Gasteiger partial charge in [-0.1, -0.05) is 0 Å². The Kier molecular flexibility index (Phi) is 3.85. The van der Waals surface area contributed by atoms with E-state index in [2.05, 4.69) is 9.80 Å². The monoisotopic (exact) mass is 252 g/mol. The highest BCUT2D eigenvalue weighted by atomic mass is 16.6. The van der Waals surface area contributed by atoms with Crippen molar-refractivity contribution < 1.29 is 9.53 Å². The second kappa shape index (κ2) is 5.57. The summed E-state index contributed by atoms with van der Waals surface area (Å²) in [7, 11) is 0. The Morgan fingerprint density at radius 1 is 1.06 bits per heavy atom. The predicted octanol–water partition coefficient (Wildman–Crippen LogP) is 1.11. The van der Waals surface area contributed by atoms with E-state index in [0.29, 0.717) is 17.9 Å². The van der Waals surface area contributed by atoms with Gasteiger partial charge in [0.25, 0.3) is 0 Å². The molecule has 0 spiro atoms. The topological polar surface area (TPSA) is 36.1 Å². The van der Waals surface area contributed by atoms with E-state index in [1.54, 1.807) is 0 Å². The van der Waals surface area contributed by atoms with Gasteiger partial charge in [-0.2, -0.15) is 0 Å². The van der Waals surface area contributed by atoms with Crippen LogP contribution in [-0.4, -0.2) is 61.1 Å². The molecule has 0 aromatic carbocycles. The fraction of sp³-hybridized carbons (Fsp3) is 0.929. The molecule has 4 heteroatoms. The number of likely N-dealkylation sites (tertiary alicyclic amines) is 2. The first kappa shape index (κ1) is 12.4. The first-order chi connectivity index (χ1) is 8.83. The average molecular weight is 252 g/mol. The molecule has 0 N–H and O–H groups in total. The van der Waals surface area contributed by atoms with Crippen LogP contribution in [-0.2, 0) is 9.53 Å². The SMILES string of the molecule is O=C(C1CCN(CC2CO2)CC1)N1CCCCC1. The number of carbonyl (C=O) groups excluding carboxylic acids is 1. The fourth-order valence-corrected chi connectivity index (χ4v) is 3.20. The van der Waals surface area contributed by atoms with Crippen molar-refractivity contribution in [1.82, 2.24) is 9.80 Å². The van der Waals surface area contributed by atoms with Gasteiger partial charge in [0.1, 0.15) is 0 Å². The van der Waals surface area contributed by atoms with Crippen LogP contribution >= 0.6 is 0 Å². The lowest BCUT2D eigenvalue weighted by atomic mass is 9.94. The number of rotatable bonds is 3. The van der Waals surface area contributed by atoms with Crippen LogP contribution in [0.4, 0.5) is 0 Å². The molecular weight excluding hydrogens is 228 g/mol. The van der Waals surface area contributed by atoms with Gasteiger partial charge in [0.15, 0.2) is 0 Å². The Balaban J connectivity index is 1.44. The van der Waals surface area contributed by atoms with E-state index in [0.717, 1.165) is 52.2 Å². The molecule has 3 saturated heterocycles. The van der Waals surface area contributed by atoms with Gasteiger partial charge in [-0.25, -0.2) is 0 Å². The quantitative estimate of drug-likeness (QED) is 0.706. The van der Waals surface area contributed by atoms with Crippen molar-refractivity contribution in [1.29, 1.82) is 0 Å². The van der Waals surface area contributed by atoms with Crippen molar-refractivity contribution in [2.45, 2.75) is 38.2 Å². The standard InChI is InChI=1S/C14H24N2O2/c17-14(16-6-2-1-3-7-16)12-4-8-15(9-5-12)10-13-11-18-13/h12-13H,1-11H2. The first-order valence-corrected chi connectivity index (χ1v) is 7.45. The van der Waals surface area contributed by atoms with Crippen LogP contribution in [0, 0.1) is 5.92 Å². The summed E-state index contributed by atoms with van der Waals surface area (Å²) in [5, 5.41) is 0. The molecule has 3 heterocycles. The Labute approximate surface area is 109 Å². The first-order valence-electron chi connectivity index (χ1n) is 7.45. The molecule has 0 aromatic heterocycles. The molecule has 102 valence electrons. The molecule has 4 nitrogen and oxygen atoms in total. The minimum atomic E-state index is 0.291. The molecule has 0 aromatic rings. The molecule has 0 aliphatic carbocycles. The second-order valence-electron chi connectivity index (χ2n) is 5.92. The van der Waals surface area contributed by atoms with Gasteiger partial charge in [-0.15, -0.1) is 0 Å². The normalized spacial score (nSPS) is 30.4. The second-order valence-corrected chi connectivity index (χ2v) is 5.92. The highest BCUT2D eigenvalue weighted by molar-refractivity contribution is 5.79. The van der Waals surface area contributed by atoms with Crippen LogP contribution in [0.5, 0.6) is 0 Å². The molecule has 1 amide bonds. The summed E-state index contributed by atoms with van der Waals surface area (Å²) in [6.45, 7) is 6.15. The number of ether oxygens (including phenoxy) is 1. The smallest absolute Gasteiger partial charge is 0.225 e. The van der Waals surface area contributed by atoms with E-state index >= 15 is 0 Å². The van der Waals surface area contributed by atoms with Crippen LogP contribution in [0.25, 0.3) is 0 Å². The summed E-state index contributed by atoms with van der Waals surface area (Å²) in [6.07, 6.45) is 6.26. The van der Waals surface area contributed by atoms with Gasteiger partial charge in [-0.05, 0) is 45.2 Å². The fourth-order valence-electron chi connectivity index (χ4n) is 3.20. The maximum Gasteiger partial charge on any atom is 0.225 e. The van der Waals surface area contributed by atoms with Gasteiger partial charge in [0.2, 0.25) is 5.91 Å². The van der Waals surface area contributed by atoms with E-state index in [1.165, 1.54) is 19.3 Å².